The van der Waals surface area contributed by atoms with Gasteiger partial charge in [0.15, 0.2) is 0 Å². The lowest BCUT2D eigenvalue weighted by Gasteiger charge is -2.01. The summed E-state index contributed by atoms with van der Waals surface area (Å²) in [6.45, 7) is 0. The lowest BCUT2D eigenvalue weighted by Crippen LogP contribution is -2.02. The highest BCUT2D eigenvalue weighted by Crippen LogP contribution is 2.21. The number of aromatic hydroxyl groups is 1. The summed E-state index contributed by atoms with van der Waals surface area (Å²) < 4.78 is 29.8. The molecule has 9 heteroatoms. The molecule has 2 heterocycles. The molecular weight excluding hydrogens is 384 g/mol. The largest absolute Gasteiger partial charge is 0.507 e. The molecule has 2 aromatic carbocycles. The first-order valence-electron chi connectivity index (χ1n) is 7.89. The number of benzene rings is 2. The molecule has 0 amide bonds. The SMILES string of the molecule is O=C(O)c1cc(S(=O)(=O)O)ccc1O.c1cnc2c(c1)ccc1cccnc12. The smallest absolute Gasteiger partial charge is 0.339 e. The highest BCUT2D eigenvalue weighted by Gasteiger charge is 2.16. The van der Waals surface area contributed by atoms with Crippen molar-refractivity contribution in [3.63, 3.8) is 0 Å². The van der Waals surface area contributed by atoms with Crippen molar-refractivity contribution in [2.45, 2.75) is 4.90 Å². The van der Waals surface area contributed by atoms with Crippen molar-refractivity contribution in [3.05, 3.63) is 72.6 Å². The molecule has 8 nitrogen and oxygen atoms in total. The van der Waals surface area contributed by atoms with Crippen LogP contribution in [0.3, 0.4) is 0 Å². The van der Waals surface area contributed by atoms with E-state index < -0.39 is 32.3 Å². The number of carboxylic acids is 1. The van der Waals surface area contributed by atoms with Crippen molar-refractivity contribution >= 4 is 37.9 Å². The Labute approximate surface area is 159 Å². The van der Waals surface area contributed by atoms with E-state index in [9.17, 15) is 13.2 Å². The van der Waals surface area contributed by atoms with Crippen LogP contribution in [0.5, 0.6) is 5.75 Å². The first-order valence-corrected chi connectivity index (χ1v) is 9.33. The van der Waals surface area contributed by atoms with E-state index in [1.165, 1.54) is 0 Å². The van der Waals surface area contributed by atoms with E-state index in [2.05, 4.69) is 34.2 Å². The van der Waals surface area contributed by atoms with E-state index in [0.717, 1.165) is 33.9 Å². The molecule has 2 aromatic heterocycles. The third-order valence-corrected chi connectivity index (χ3v) is 4.69. The van der Waals surface area contributed by atoms with E-state index in [1.807, 2.05) is 12.1 Å². The first-order chi connectivity index (χ1) is 13.3. The monoisotopic (exact) mass is 398 g/mol. The van der Waals surface area contributed by atoms with Gasteiger partial charge in [0.05, 0.1) is 15.9 Å². The van der Waals surface area contributed by atoms with Crippen molar-refractivity contribution in [2.75, 3.05) is 0 Å². The molecule has 3 N–H and O–H groups in total. The number of aromatic nitrogens is 2. The third-order valence-electron chi connectivity index (χ3n) is 3.84. The second-order valence-corrected chi connectivity index (χ2v) is 7.10. The molecule has 4 aromatic rings. The molecule has 4 rings (SSSR count). The highest BCUT2D eigenvalue weighted by molar-refractivity contribution is 7.85. The van der Waals surface area contributed by atoms with Crippen LogP contribution in [-0.4, -0.2) is 39.1 Å². The van der Waals surface area contributed by atoms with Gasteiger partial charge in [0.2, 0.25) is 0 Å². The van der Waals surface area contributed by atoms with Gasteiger partial charge in [-0.3, -0.25) is 14.5 Å². The first kappa shape index (κ1) is 19.2. The molecule has 0 bridgehead atoms. The van der Waals surface area contributed by atoms with E-state index in [4.69, 9.17) is 14.8 Å². The van der Waals surface area contributed by atoms with Gasteiger partial charge in [0, 0.05) is 23.2 Å². The maximum absolute atomic E-state index is 10.6. The fourth-order valence-electron chi connectivity index (χ4n) is 2.53. The molecule has 0 radical (unpaired) electrons. The van der Waals surface area contributed by atoms with Crippen LogP contribution in [0, 0.1) is 0 Å². The molecule has 0 spiro atoms. The van der Waals surface area contributed by atoms with Crippen LogP contribution in [0.4, 0.5) is 0 Å². The van der Waals surface area contributed by atoms with Crippen molar-refractivity contribution in [1.29, 1.82) is 0 Å². The van der Waals surface area contributed by atoms with Gasteiger partial charge in [-0.25, -0.2) is 4.79 Å². The Morgan fingerprint density at radius 1 is 0.857 bits per heavy atom. The summed E-state index contributed by atoms with van der Waals surface area (Å²) >= 11 is 0. The van der Waals surface area contributed by atoms with E-state index in [0.29, 0.717) is 6.07 Å². The van der Waals surface area contributed by atoms with Crippen LogP contribution in [0.15, 0.2) is 71.9 Å². The predicted octanol–water partition coefficient (Wildman–Crippen LogP) is 3.12. The fourth-order valence-corrected chi connectivity index (χ4v) is 3.03. The van der Waals surface area contributed by atoms with Crippen LogP contribution >= 0.6 is 0 Å². The van der Waals surface area contributed by atoms with Gasteiger partial charge >= 0.3 is 5.97 Å². The molecule has 0 aliphatic heterocycles. The molecule has 0 unspecified atom stereocenters. The summed E-state index contributed by atoms with van der Waals surface area (Å²) in [7, 11) is -4.45. The molecule has 0 saturated heterocycles. The van der Waals surface area contributed by atoms with Crippen LogP contribution in [0.2, 0.25) is 0 Å². The number of phenols is 1. The summed E-state index contributed by atoms with van der Waals surface area (Å²) in [5.74, 6) is -2.04. The third kappa shape index (κ3) is 4.05. The van der Waals surface area contributed by atoms with Gasteiger partial charge in [0.25, 0.3) is 10.1 Å². The Morgan fingerprint density at radius 3 is 1.86 bits per heavy atom. The molecule has 142 valence electrons. The molecule has 0 aliphatic carbocycles. The topological polar surface area (TPSA) is 138 Å². The zero-order valence-corrected chi connectivity index (χ0v) is 15.0. The molecule has 0 aliphatic rings. The normalized spacial score (nSPS) is 11.0. The van der Waals surface area contributed by atoms with Crippen molar-refractivity contribution in [3.8, 4) is 5.75 Å². The number of carbonyl (C=O) groups is 1. The number of carboxylic acid groups (broad SMARTS) is 1. The Hall–Kier alpha value is -3.56. The number of nitrogens with zero attached hydrogens (tertiary/aromatic N) is 2. The lowest BCUT2D eigenvalue weighted by atomic mass is 10.1. The molecule has 28 heavy (non-hydrogen) atoms. The average Bonchev–Trinajstić information content (AvgIpc) is 2.67. The van der Waals surface area contributed by atoms with Crippen molar-refractivity contribution in [2.24, 2.45) is 0 Å². The van der Waals surface area contributed by atoms with Crippen LogP contribution < -0.4 is 0 Å². The summed E-state index contributed by atoms with van der Waals surface area (Å²) in [6.07, 6.45) is 3.60. The van der Waals surface area contributed by atoms with Crippen LogP contribution in [-0.2, 0) is 10.1 Å². The quantitative estimate of drug-likeness (QED) is 0.346. The minimum atomic E-state index is -4.45. The van der Waals surface area contributed by atoms with Gasteiger partial charge in [-0.05, 0) is 30.3 Å². The maximum atomic E-state index is 10.6. The molecule has 0 saturated carbocycles. The zero-order valence-electron chi connectivity index (χ0n) is 14.2. The van der Waals surface area contributed by atoms with Crippen LogP contribution in [0.25, 0.3) is 21.8 Å². The zero-order chi connectivity index (χ0) is 20.3. The van der Waals surface area contributed by atoms with Gasteiger partial charge in [-0.15, -0.1) is 0 Å². The minimum Gasteiger partial charge on any atom is -0.507 e. The fraction of sp³-hybridized carbons (Fsp3) is 0. The summed E-state index contributed by atoms with van der Waals surface area (Å²) in [4.78, 5) is 18.6. The number of fused-ring (bicyclic) bond motifs is 3. The molecular formula is C19H14N2O6S. The van der Waals surface area contributed by atoms with E-state index in [-0.39, 0.29) is 0 Å². The molecule has 0 atom stereocenters. The Morgan fingerprint density at radius 2 is 1.39 bits per heavy atom. The number of hydrogen-bond acceptors (Lipinski definition) is 6. The van der Waals surface area contributed by atoms with E-state index >= 15 is 0 Å². The van der Waals surface area contributed by atoms with Crippen LogP contribution in [0.1, 0.15) is 10.4 Å². The maximum Gasteiger partial charge on any atom is 0.339 e. The van der Waals surface area contributed by atoms with E-state index in [1.54, 1.807) is 12.4 Å². The number of pyridine rings is 2. The predicted molar refractivity (Wildman–Crippen MR) is 102 cm³/mol. The Balaban J connectivity index is 0.000000161. The van der Waals surface area contributed by atoms with Gasteiger partial charge < -0.3 is 10.2 Å². The highest BCUT2D eigenvalue weighted by atomic mass is 32.2. The Bertz CT molecular complexity index is 1230. The minimum absolute atomic E-state index is 0.565. The molecule has 0 fully saturated rings. The number of rotatable bonds is 2. The Kier molecular flexibility index (Phi) is 5.21. The van der Waals surface area contributed by atoms with Gasteiger partial charge in [-0.2, -0.15) is 8.42 Å². The summed E-state index contributed by atoms with van der Waals surface area (Å²) in [5.41, 5.74) is 1.37. The van der Waals surface area contributed by atoms with Crippen molar-refractivity contribution < 1.29 is 28.0 Å². The van der Waals surface area contributed by atoms with Crippen molar-refractivity contribution in [1.82, 2.24) is 9.97 Å². The summed E-state index contributed by atoms with van der Waals surface area (Å²) in [5, 5.41) is 19.8. The number of hydrogen-bond donors (Lipinski definition) is 3. The van der Waals surface area contributed by atoms with Gasteiger partial charge in [0.1, 0.15) is 11.3 Å². The standard InChI is InChI=1S/C12H8N2.C7H6O6S/c1-3-9-5-6-10-4-2-8-14-12(10)11(9)13-7-1;8-6-2-1-4(14(11,12)13)3-5(6)7(9)10/h1-8H;1-3,8H,(H,9,10)(H,11,12,13). The second-order valence-electron chi connectivity index (χ2n) is 5.67. The lowest BCUT2D eigenvalue weighted by molar-refractivity contribution is 0.0693. The summed E-state index contributed by atoms with van der Waals surface area (Å²) in [6, 6.07) is 14.6. The number of aromatic carboxylic acids is 1. The average molecular weight is 398 g/mol. The van der Waals surface area contributed by atoms with Gasteiger partial charge in [-0.1, -0.05) is 24.3 Å². The second kappa shape index (κ2) is 7.59.